The zero-order valence-electron chi connectivity index (χ0n) is 11.9. The van der Waals surface area contributed by atoms with E-state index in [1.807, 2.05) is 31.2 Å². The van der Waals surface area contributed by atoms with E-state index in [1.165, 1.54) is 6.07 Å². The van der Waals surface area contributed by atoms with E-state index in [0.29, 0.717) is 19.4 Å². The molecule has 1 N–H and O–H groups in total. The van der Waals surface area contributed by atoms with E-state index in [9.17, 15) is 9.18 Å². The first-order valence-corrected chi connectivity index (χ1v) is 6.95. The van der Waals surface area contributed by atoms with Gasteiger partial charge < -0.3 is 10.1 Å². The van der Waals surface area contributed by atoms with Crippen molar-refractivity contribution in [3.8, 4) is 5.75 Å². The monoisotopic (exact) mass is 287 g/mol. The molecule has 0 aliphatic rings. The first-order valence-electron chi connectivity index (χ1n) is 6.95. The van der Waals surface area contributed by atoms with Crippen LogP contribution in [0.25, 0.3) is 0 Å². The lowest BCUT2D eigenvalue weighted by molar-refractivity contribution is -0.116. The van der Waals surface area contributed by atoms with Crippen LogP contribution in [0.1, 0.15) is 18.9 Å². The maximum absolute atomic E-state index is 13.4. The highest BCUT2D eigenvalue weighted by molar-refractivity contribution is 5.90. The number of para-hydroxylation sites is 1. The first-order chi connectivity index (χ1) is 10.2. The molecule has 0 aliphatic carbocycles. The van der Waals surface area contributed by atoms with E-state index in [0.717, 1.165) is 11.3 Å². The lowest BCUT2D eigenvalue weighted by atomic mass is 10.1. The van der Waals surface area contributed by atoms with Crippen LogP contribution in [0.5, 0.6) is 5.75 Å². The Morgan fingerprint density at radius 1 is 1.14 bits per heavy atom. The van der Waals surface area contributed by atoms with Crippen LogP contribution in [0.4, 0.5) is 10.1 Å². The van der Waals surface area contributed by atoms with E-state index < -0.39 is 5.82 Å². The molecule has 21 heavy (non-hydrogen) atoms. The Hall–Kier alpha value is -2.36. The minimum absolute atomic E-state index is 0.200. The summed E-state index contributed by atoms with van der Waals surface area (Å²) in [5.41, 5.74) is 1.26. The highest BCUT2D eigenvalue weighted by atomic mass is 19.1. The lowest BCUT2D eigenvalue weighted by Crippen LogP contribution is -2.13. The summed E-state index contributed by atoms with van der Waals surface area (Å²) in [5.74, 6) is 0.193. The Kier molecular flexibility index (Phi) is 5.32. The molecule has 0 unspecified atom stereocenters. The largest absolute Gasteiger partial charge is 0.494 e. The summed E-state index contributed by atoms with van der Waals surface area (Å²) in [5, 5.41) is 2.57. The van der Waals surface area contributed by atoms with Crippen LogP contribution in [0.3, 0.4) is 0 Å². The summed E-state index contributed by atoms with van der Waals surface area (Å²) in [6.45, 7) is 2.56. The third-order valence-corrected chi connectivity index (χ3v) is 3.02. The smallest absolute Gasteiger partial charge is 0.224 e. The molecule has 2 rings (SSSR count). The van der Waals surface area contributed by atoms with E-state index in [1.54, 1.807) is 18.2 Å². The predicted molar refractivity (Wildman–Crippen MR) is 81.0 cm³/mol. The molecule has 0 radical (unpaired) electrons. The van der Waals surface area contributed by atoms with Crippen LogP contribution in [-0.4, -0.2) is 12.5 Å². The van der Waals surface area contributed by atoms with Gasteiger partial charge in [-0.3, -0.25) is 4.79 Å². The summed E-state index contributed by atoms with van der Waals surface area (Å²) >= 11 is 0. The number of aryl methyl sites for hydroxylation is 1. The van der Waals surface area contributed by atoms with Crippen molar-refractivity contribution in [2.45, 2.75) is 19.8 Å². The summed E-state index contributed by atoms with van der Waals surface area (Å²) < 4.78 is 18.8. The van der Waals surface area contributed by atoms with E-state index in [-0.39, 0.29) is 11.6 Å². The van der Waals surface area contributed by atoms with Gasteiger partial charge in [0.1, 0.15) is 11.6 Å². The highest BCUT2D eigenvalue weighted by Gasteiger charge is 2.06. The topological polar surface area (TPSA) is 38.3 Å². The standard InChI is InChI=1S/C17H18FNO2/c1-2-21-14-10-7-13(8-11-14)9-12-17(20)19-16-6-4-3-5-15(16)18/h3-8,10-11H,2,9,12H2,1H3,(H,19,20). The number of halogens is 1. The zero-order valence-corrected chi connectivity index (χ0v) is 11.9. The summed E-state index contributed by atoms with van der Waals surface area (Å²) in [6, 6.07) is 13.8. The molecule has 4 heteroatoms. The summed E-state index contributed by atoms with van der Waals surface area (Å²) in [6.07, 6.45) is 0.912. The fraction of sp³-hybridized carbons (Fsp3) is 0.235. The molecular weight excluding hydrogens is 269 g/mol. The molecule has 0 atom stereocenters. The Balaban J connectivity index is 1.85. The number of hydrogen-bond acceptors (Lipinski definition) is 2. The lowest BCUT2D eigenvalue weighted by Gasteiger charge is -2.07. The number of nitrogens with one attached hydrogen (secondary N) is 1. The van der Waals surface area contributed by atoms with Crippen LogP contribution in [0.2, 0.25) is 0 Å². The normalized spacial score (nSPS) is 10.2. The van der Waals surface area contributed by atoms with Gasteiger partial charge in [-0.15, -0.1) is 0 Å². The van der Waals surface area contributed by atoms with Gasteiger partial charge in [-0.2, -0.15) is 0 Å². The van der Waals surface area contributed by atoms with Crippen molar-refractivity contribution in [2.24, 2.45) is 0 Å². The van der Waals surface area contributed by atoms with Crippen molar-refractivity contribution in [1.29, 1.82) is 0 Å². The zero-order chi connectivity index (χ0) is 15.1. The van der Waals surface area contributed by atoms with E-state index >= 15 is 0 Å². The number of amides is 1. The van der Waals surface area contributed by atoms with Gasteiger partial charge in [0.15, 0.2) is 0 Å². The summed E-state index contributed by atoms with van der Waals surface area (Å²) in [7, 11) is 0. The molecule has 2 aromatic rings. The van der Waals surface area contributed by atoms with Crippen molar-refractivity contribution >= 4 is 11.6 Å². The van der Waals surface area contributed by atoms with Crippen molar-refractivity contribution in [1.82, 2.24) is 0 Å². The molecule has 0 fully saturated rings. The fourth-order valence-electron chi connectivity index (χ4n) is 1.95. The summed E-state index contributed by atoms with van der Waals surface area (Å²) in [4.78, 5) is 11.8. The van der Waals surface area contributed by atoms with Crippen LogP contribution in [0, 0.1) is 5.82 Å². The Morgan fingerprint density at radius 2 is 1.86 bits per heavy atom. The van der Waals surface area contributed by atoms with Gasteiger partial charge in [0.25, 0.3) is 0 Å². The molecule has 3 nitrogen and oxygen atoms in total. The second-order valence-electron chi connectivity index (χ2n) is 4.60. The average Bonchev–Trinajstić information content (AvgIpc) is 2.49. The second kappa shape index (κ2) is 7.43. The molecule has 1 amide bonds. The van der Waals surface area contributed by atoms with Crippen molar-refractivity contribution in [3.63, 3.8) is 0 Å². The number of hydrogen-bond donors (Lipinski definition) is 1. The van der Waals surface area contributed by atoms with Crippen molar-refractivity contribution in [2.75, 3.05) is 11.9 Å². The van der Waals surface area contributed by atoms with Gasteiger partial charge in [0, 0.05) is 6.42 Å². The second-order valence-corrected chi connectivity index (χ2v) is 4.60. The SMILES string of the molecule is CCOc1ccc(CCC(=O)Nc2ccccc2F)cc1. The number of anilines is 1. The molecule has 0 aromatic heterocycles. The molecule has 0 spiro atoms. The minimum atomic E-state index is -0.424. The average molecular weight is 287 g/mol. The maximum Gasteiger partial charge on any atom is 0.224 e. The number of benzene rings is 2. The quantitative estimate of drug-likeness (QED) is 0.877. The van der Waals surface area contributed by atoms with Crippen LogP contribution in [0.15, 0.2) is 48.5 Å². The van der Waals surface area contributed by atoms with E-state index in [2.05, 4.69) is 5.32 Å². The molecule has 0 saturated carbocycles. The van der Waals surface area contributed by atoms with Gasteiger partial charge >= 0.3 is 0 Å². The maximum atomic E-state index is 13.4. The third kappa shape index (κ3) is 4.60. The molecule has 0 heterocycles. The molecule has 0 aliphatic heterocycles. The van der Waals surface area contributed by atoms with Gasteiger partial charge in [-0.25, -0.2) is 4.39 Å². The van der Waals surface area contributed by atoms with Crippen LogP contribution >= 0.6 is 0 Å². The van der Waals surface area contributed by atoms with Gasteiger partial charge in [0.05, 0.1) is 12.3 Å². The fourth-order valence-corrected chi connectivity index (χ4v) is 1.95. The van der Waals surface area contributed by atoms with Gasteiger partial charge in [-0.1, -0.05) is 24.3 Å². The molecule has 2 aromatic carbocycles. The molecule has 0 saturated heterocycles. The van der Waals surface area contributed by atoms with Gasteiger partial charge in [0.2, 0.25) is 5.91 Å². The van der Waals surface area contributed by atoms with Crippen molar-refractivity contribution in [3.05, 3.63) is 59.9 Å². The Morgan fingerprint density at radius 3 is 2.52 bits per heavy atom. The molecular formula is C17H18FNO2. The predicted octanol–water partition coefficient (Wildman–Crippen LogP) is 3.80. The highest BCUT2D eigenvalue weighted by Crippen LogP contribution is 2.15. The number of ether oxygens (including phenoxy) is 1. The number of carbonyl (C=O) groups excluding carboxylic acids is 1. The van der Waals surface area contributed by atoms with Crippen molar-refractivity contribution < 1.29 is 13.9 Å². The number of rotatable bonds is 6. The Bertz CT molecular complexity index is 596. The van der Waals surface area contributed by atoms with Gasteiger partial charge in [-0.05, 0) is 43.2 Å². The van der Waals surface area contributed by atoms with Crippen LogP contribution in [-0.2, 0) is 11.2 Å². The van der Waals surface area contributed by atoms with E-state index in [4.69, 9.17) is 4.74 Å². The third-order valence-electron chi connectivity index (χ3n) is 3.02. The number of carbonyl (C=O) groups is 1. The minimum Gasteiger partial charge on any atom is -0.494 e. The molecule has 0 bridgehead atoms. The molecule has 110 valence electrons. The van der Waals surface area contributed by atoms with Crippen LogP contribution < -0.4 is 10.1 Å². The Labute approximate surface area is 123 Å². The first kappa shape index (κ1) is 15.0.